The van der Waals surface area contributed by atoms with Crippen molar-refractivity contribution in [2.75, 3.05) is 7.11 Å². The second-order valence-electron chi connectivity index (χ2n) is 13.5. The molecule has 3 aromatic rings. The maximum Gasteiger partial charge on any atom is 0.326 e. The smallest absolute Gasteiger partial charge is 0.326 e. The van der Waals surface area contributed by atoms with Crippen LogP contribution in [-0.4, -0.2) is 46.1 Å². The van der Waals surface area contributed by atoms with Gasteiger partial charge in [-0.2, -0.15) is 5.26 Å². The van der Waals surface area contributed by atoms with E-state index in [1.807, 2.05) is 48.5 Å². The fourth-order valence-corrected chi connectivity index (χ4v) is 7.46. The van der Waals surface area contributed by atoms with Gasteiger partial charge in [0, 0.05) is 36.2 Å². The van der Waals surface area contributed by atoms with Gasteiger partial charge in [0.05, 0.1) is 24.8 Å². The van der Waals surface area contributed by atoms with E-state index in [0.717, 1.165) is 54.4 Å². The van der Waals surface area contributed by atoms with Crippen LogP contribution in [0.4, 0.5) is 0 Å². The molecule has 0 unspecified atom stereocenters. The monoisotopic (exact) mass is 608 g/mol. The molecule has 2 fully saturated rings. The van der Waals surface area contributed by atoms with Crippen molar-refractivity contribution in [1.82, 2.24) is 15.2 Å². The van der Waals surface area contributed by atoms with E-state index in [2.05, 4.69) is 43.2 Å². The van der Waals surface area contributed by atoms with E-state index in [0.29, 0.717) is 24.4 Å². The van der Waals surface area contributed by atoms with E-state index in [9.17, 15) is 20.0 Å². The number of carbonyl (C=O) groups excluding carboxylic acids is 1. The molecule has 8 nitrogen and oxygen atoms in total. The number of carboxylic acids is 1. The number of rotatable bonds is 9. The minimum absolute atomic E-state index is 0.0460. The molecule has 5 rings (SSSR count). The molecule has 1 amide bonds. The molecular weight excluding hydrogens is 564 g/mol. The van der Waals surface area contributed by atoms with Gasteiger partial charge in [0.1, 0.15) is 6.04 Å². The van der Waals surface area contributed by atoms with Crippen molar-refractivity contribution in [3.05, 3.63) is 94.7 Å². The molecule has 0 spiro atoms. The number of pyridine rings is 1. The number of amides is 1. The predicted octanol–water partition coefficient (Wildman–Crippen LogP) is 6.29. The Balaban J connectivity index is 1.52. The van der Waals surface area contributed by atoms with Gasteiger partial charge in [-0.1, -0.05) is 82.5 Å². The van der Waals surface area contributed by atoms with Crippen LogP contribution in [0.1, 0.15) is 86.7 Å². The molecule has 2 N–H and O–H groups in total. The van der Waals surface area contributed by atoms with Crippen molar-refractivity contribution in [3.8, 4) is 11.9 Å². The first-order valence-electron chi connectivity index (χ1n) is 16.0. The van der Waals surface area contributed by atoms with Crippen molar-refractivity contribution in [2.45, 2.75) is 84.0 Å². The SMILES string of the molecule is COc1ncc(Cc2cccc(C#N)c2)cc1CN[C@H]1[C@H](C(C)(C)C)[C@@H](C(=O)O)N(C(=O)C2CCCCC2)[C@H]1c1ccccc1. The summed E-state index contributed by atoms with van der Waals surface area (Å²) in [5.41, 5.74) is 3.93. The Morgan fingerprint density at radius 3 is 2.42 bits per heavy atom. The molecule has 2 aromatic carbocycles. The van der Waals surface area contributed by atoms with Crippen LogP contribution in [0.5, 0.6) is 5.88 Å². The average Bonchev–Trinajstić information content (AvgIpc) is 3.40. The molecule has 236 valence electrons. The quantitative estimate of drug-likeness (QED) is 0.293. The van der Waals surface area contributed by atoms with Gasteiger partial charge >= 0.3 is 5.97 Å². The molecule has 45 heavy (non-hydrogen) atoms. The summed E-state index contributed by atoms with van der Waals surface area (Å²) >= 11 is 0. The largest absolute Gasteiger partial charge is 0.481 e. The number of methoxy groups -OCH3 is 1. The van der Waals surface area contributed by atoms with Crippen molar-refractivity contribution >= 4 is 11.9 Å². The zero-order valence-electron chi connectivity index (χ0n) is 26.7. The first-order chi connectivity index (χ1) is 21.6. The zero-order chi connectivity index (χ0) is 32.1. The third-order valence-electron chi connectivity index (χ3n) is 9.44. The Hall–Kier alpha value is -4.22. The van der Waals surface area contributed by atoms with Crippen LogP contribution >= 0.6 is 0 Å². The van der Waals surface area contributed by atoms with Gasteiger partial charge in [0.25, 0.3) is 0 Å². The summed E-state index contributed by atoms with van der Waals surface area (Å²) in [5, 5.41) is 23.8. The number of benzene rings is 2. The summed E-state index contributed by atoms with van der Waals surface area (Å²) in [6.07, 6.45) is 7.08. The molecule has 1 saturated heterocycles. The molecule has 1 aromatic heterocycles. The van der Waals surface area contributed by atoms with Gasteiger partial charge < -0.3 is 20.1 Å². The van der Waals surface area contributed by atoms with E-state index in [4.69, 9.17) is 4.74 Å². The fourth-order valence-electron chi connectivity index (χ4n) is 7.46. The summed E-state index contributed by atoms with van der Waals surface area (Å²) in [6.45, 7) is 6.58. The first kappa shape index (κ1) is 32.2. The number of hydrogen-bond acceptors (Lipinski definition) is 6. The summed E-state index contributed by atoms with van der Waals surface area (Å²) in [7, 11) is 1.59. The van der Waals surface area contributed by atoms with E-state index >= 15 is 0 Å². The number of carboxylic acid groups (broad SMARTS) is 1. The molecular formula is C37H44N4O4. The lowest BCUT2D eigenvalue weighted by Crippen LogP contribution is -2.49. The van der Waals surface area contributed by atoms with Crippen LogP contribution in [-0.2, 0) is 22.6 Å². The number of nitrogens with zero attached hydrogens (tertiary/aromatic N) is 3. The van der Waals surface area contributed by atoms with Gasteiger partial charge in [-0.25, -0.2) is 9.78 Å². The molecule has 1 aliphatic carbocycles. The number of hydrogen-bond donors (Lipinski definition) is 2. The van der Waals surface area contributed by atoms with E-state index in [1.165, 1.54) is 0 Å². The van der Waals surface area contributed by atoms with Gasteiger partial charge in [0.15, 0.2) is 0 Å². The number of likely N-dealkylation sites (tertiary alicyclic amines) is 1. The maximum atomic E-state index is 14.3. The minimum atomic E-state index is -0.971. The second kappa shape index (κ2) is 13.8. The number of nitriles is 1. The highest BCUT2D eigenvalue weighted by Crippen LogP contribution is 2.49. The second-order valence-corrected chi connectivity index (χ2v) is 13.5. The number of aliphatic carboxylic acids is 1. The Labute approximate surface area is 266 Å². The third-order valence-corrected chi connectivity index (χ3v) is 9.44. The molecule has 2 aliphatic rings. The summed E-state index contributed by atoms with van der Waals surface area (Å²) in [4.78, 5) is 33.8. The highest BCUT2D eigenvalue weighted by molar-refractivity contribution is 5.87. The summed E-state index contributed by atoms with van der Waals surface area (Å²) in [6, 6.07) is 19.9. The number of nitrogens with one attached hydrogen (secondary N) is 1. The van der Waals surface area contributed by atoms with Gasteiger partial charge in [-0.05, 0) is 59.6 Å². The third kappa shape index (κ3) is 7.04. The molecule has 2 heterocycles. The van der Waals surface area contributed by atoms with Crippen LogP contribution in [0.3, 0.4) is 0 Å². The number of carbonyl (C=O) groups is 2. The standard InChI is InChI=1S/C37H44N4O4/c1-37(2,3)30-31(39-23-29-20-26(22-40-34(29)45-4)19-24-12-11-13-25(18-24)21-38)32(27-14-7-5-8-15-27)41(33(30)36(43)44)35(42)28-16-9-6-10-17-28/h5,7-8,11-15,18,20,22,28,30-33,39H,6,9-10,16-17,19,23H2,1-4H3,(H,43,44)/t30-,31-,32-,33-/m0/s1. The Bertz CT molecular complexity index is 1540. The molecule has 1 aliphatic heterocycles. The first-order valence-corrected chi connectivity index (χ1v) is 16.0. The number of ether oxygens (including phenoxy) is 1. The molecule has 8 heteroatoms. The van der Waals surface area contributed by atoms with Crippen LogP contribution < -0.4 is 10.1 Å². The lowest BCUT2D eigenvalue weighted by Gasteiger charge is -2.36. The normalized spacial score (nSPS) is 22.2. The zero-order valence-corrected chi connectivity index (χ0v) is 26.7. The van der Waals surface area contributed by atoms with Crippen LogP contribution in [0.2, 0.25) is 0 Å². The van der Waals surface area contributed by atoms with Crippen molar-refractivity contribution in [2.24, 2.45) is 17.3 Å². The van der Waals surface area contributed by atoms with Crippen molar-refractivity contribution in [3.63, 3.8) is 0 Å². The lowest BCUT2D eigenvalue weighted by atomic mass is 9.72. The highest BCUT2D eigenvalue weighted by Gasteiger charge is 2.58. The van der Waals surface area contributed by atoms with E-state index in [1.54, 1.807) is 24.3 Å². The fraction of sp³-hybridized carbons (Fsp3) is 0.459. The molecule has 0 radical (unpaired) electrons. The maximum absolute atomic E-state index is 14.3. The van der Waals surface area contributed by atoms with Gasteiger partial charge in [-0.3, -0.25) is 4.79 Å². The summed E-state index contributed by atoms with van der Waals surface area (Å²) < 4.78 is 5.65. The Kier molecular flexibility index (Phi) is 9.89. The van der Waals surface area contributed by atoms with E-state index < -0.39 is 23.5 Å². The minimum Gasteiger partial charge on any atom is -0.481 e. The van der Waals surface area contributed by atoms with Crippen LogP contribution in [0.15, 0.2) is 66.9 Å². The predicted molar refractivity (Wildman–Crippen MR) is 172 cm³/mol. The Morgan fingerprint density at radius 2 is 1.78 bits per heavy atom. The van der Waals surface area contributed by atoms with Crippen LogP contribution in [0.25, 0.3) is 0 Å². The molecule has 0 bridgehead atoms. The summed E-state index contributed by atoms with van der Waals surface area (Å²) in [5.74, 6) is -1.06. The van der Waals surface area contributed by atoms with Gasteiger partial charge in [0.2, 0.25) is 11.8 Å². The van der Waals surface area contributed by atoms with Gasteiger partial charge in [-0.15, -0.1) is 0 Å². The topological polar surface area (TPSA) is 116 Å². The number of aromatic nitrogens is 1. The molecule has 1 saturated carbocycles. The van der Waals surface area contributed by atoms with E-state index in [-0.39, 0.29) is 23.8 Å². The molecule has 4 atom stereocenters. The van der Waals surface area contributed by atoms with Crippen molar-refractivity contribution in [1.29, 1.82) is 5.26 Å². The Morgan fingerprint density at radius 1 is 1.04 bits per heavy atom. The van der Waals surface area contributed by atoms with Crippen molar-refractivity contribution < 1.29 is 19.4 Å². The lowest BCUT2D eigenvalue weighted by molar-refractivity contribution is -0.154. The highest BCUT2D eigenvalue weighted by atomic mass is 16.5. The average molecular weight is 609 g/mol. The van der Waals surface area contributed by atoms with Crippen LogP contribution in [0, 0.1) is 28.6 Å².